The number of nitrogens with one attached hydrogen (secondary N) is 1. The first kappa shape index (κ1) is 13.6. The van der Waals surface area contributed by atoms with Crippen molar-refractivity contribution in [2.24, 2.45) is 0 Å². The van der Waals surface area contributed by atoms with Crippen LogP contribution in [0.3, 0.4) is 0 Å². The highest BCUT2D eigenvalue weighted by molar-refractivity contribution is 8.01. The van der Waals surface area contributed by atoms with Crippen molar-refractivity contribution in [2.75, 3.05) is 19.1 Å². The predicted molar refractivity (Wildman–Crippen MR) is 79.7 cm³/mol. The normalized spacial score (nSPS) is 19.8. The summed E-state index contributed by atoms with van der Waals surface area (Å²) in [4.78, 5) is 2.51. The minimum absolute atomic E-state index is 0.640. The fourth-order valence-corrected chi connectivity index (χ4v) is 4.41. The van der Waals surface area contributed by atoms with E-state index in [-0.39, 0.29) is 0 Å². The van der Waals surface area contributed by atoms with E-state index in [1.54, 1.807) is 23.5 Å². The molecule has 1 N–H and O–H groups in total. The van der Waals surface area contributed by atoms with E-state index >= 15 is 0 Å². The maximum absolute atomic E-state index is 6.34. The second-order valence-electron chi connectivity index (χ2n) is 4.31. The Kier molecular flexibility index (Phi) is 5.10. The average molecular weight is 288 g/mol. The van der Waals surface area contributed by atoms with Gasteiger partial charge in [0.05, 0.1) is 5.02 Å². The van der Waals surface area contributed by atoms with Crippen molar-refractivity contribution in [1.82, 2.24) is 5.32 Å². The molecule has 1 fully saturated rings. The predicted octanol–water partition coefficient (Wildman–Crippen LogP) is 4.08. The van der Waals surface area contributed by atoms with Gasteiger partial charge in [-0.25, -0.2) is 0 Å². The lowest BCUT2D eigenvalue weighted by atomic mass is 10.0. The fraction of sp³-hybridized carbons (Fsp3) is 0.538. The maximum Gasteiger partial charge on any atom is 0.0555 e. The lowest BCUT2D eigenvalue weighted by Crippen LogP contribution is -2.23. The number of hydrogen-bond acceptors (Lipinski definition) is 3. The van der Waals surface area contributed by atoms with Gasteiger partial charge < -0.3 is 5.32 Å². The van der Waals surface area contributed by atoms with E-state index in [1.165, 1.54) is 28.2 Å². The minimum atomic E-state index is 0.640. The van der Waals surface area contributed by atoms with Gasteiger partial charge >= 0.3 is 0 Å². The summed E-state index contributed by atoms with van der Waals surface area (Å²) in [5, 5.41) is 4.44. The van der Waals surface area contributed by atoms with Crippen LogP contribution in [0.2, 0.25) is 5.02 Å². The van der Waals surface area contributed by atoms with Crippen molar-refractivity contribution in [3.63, 3.8) is 0 Å². The van der Waals surface area contributed by atoms with Gasteiger partial charge in [0.2, 0.25) is 0 Å². The third kappa shape index (κ3) is 3.34. The van der Waals surface area contributed by atoms with Crippen LogP contribution in [-0.2, 0) is 6.42 Å². The molecule has 1 unspecified atom stereocenters. The summed E-state index contributed by atoms with van der Waals surface area (Å²) in [6.07, 6.45) is 7.89. The zero-order valence-corrected chi connectivity index (χ0v) is 12.6. The maximum atomic E-state index is 6.34. The van der Waals surface area contributed by atoms with Gasteiger partial charge in [0, 0.05) is 15.8 Å². The molecule has 1 heterocycles. The van der Waals surface area contributed by atoms with Gasteiger partial charge in [0.15, 0.2) is 0 Å². The zero-order chi connectivity index (χ0) is 12.3. The highest BCUT2D eigenvalue weighted by atomic mass is 35.5. The number of benzene rings is 1. The standard InChI is InChI=1S/C13H18ClNS2/c1-16-12-8-9(6-10-4-3-5-15-10)7-11(14)13(12)17-2/h7-8,10,15H,3-6H2,1-2H3. The second-order valence-corrected chi connectivity index (χ2v) is 6.38. The lowest BCUT2D eigenvalue weighted by molar-refractivity contribution is 0.602. The average Bonchev–Trinajstić information content (AvgIpc) is 2.81. The Hall–Kier alpha value is 0.170. The fourth-order valence-electron chi connectivity index (χ4n) is 2.30. The third-order valence-electron chi connectivity index (χ3n) is 3.14. The molecule has 1 aliphatic heterocycles. The summed E-state index contributed by atoms with van der Waals surface area (Å²) in [6.45, 7) is 1.16. The molecule has 4 heteroatoms. The van der Waals surface area contributed by atoms with Crippen LogP contribution in [0.1, 0.15) is 18.4 Å². The van der Waals surface area contributed by atoms with Crippen molar-refractivity contribution >= 4 is 35.1 Å². The molecule has 0 radical (unpaired) electrons. The third-order valence-corrected chi connectivity index (χ3v) is 5.29. The van der Waals surface area contributed by atoms with E-state index in [4.69, 9.17) is 11.6 Å². The molecular formula is C13H18ClNS2. The van der Waals surface area contributed by atoms with Crippen LogP contribution in [0.5, 0.6) is 0 Å². The van der Waals surface area contributed by atoms with Crippen LogP contribution in [0, 0.1) is 0 Å². The molecule has 1 nitrogen and oxygen atoms in total. The molecular weight excluding hydrogens is 270 g/mol. The molecule has 1 saturated heterocycles. The highest BCUT2D eigenvalue weighted by Crippen LogP contribution is 2.36. The molecule has 0 aliphatic carbocycles. The van der Waals surface area contributed by atoms with E-state index in [9.17, 15) is 0 Å². The van der Waals surface area contributed by atoms with Crippen LogP contribution in [0.15, 0.2) is 21.9 Å². The van der Waals surface area contributed by atoms with Crippen molar-refractivity contribution in [2.45, 2.75) is 35.1 Å². The van der Waals surface area contributed by atoms with Gasteiger partial charge in [-0.15, -0.1) is 23.5 Å². The molecule has 0 saturated carbocycles. The first-order chi connectivity index (χ1) is 8.24. The summed E-state index contributed by atoms with van der Waals surface area (Å²) < 4.78 is 0. The second kappa shape index (κ2) is 6.37. The SMILES string of the molecule is CSc1cc(CC2CCCN2)cc(Cl)c1SC. The van der Waals surface area contributed by atoms with E-state index in [2.05, 4.69) is 30.0 Å². The highest BCUT2D eigenvalue weighted by Gasteiger charge is 2.16. The Morgan fingerprint density at radius 1 is 1.35 bits per heavy atom. The smallest absolute Gasteiger partial charge is 0.0555 e. The minimum Gasteiger partial charge on any atom is -0.314 e. The molecule has 0 spiro atoms. The summed E-state index contributed by atoms with van der Waals surface area (Å²) in [7, 11) is 0. The molecule has 1 atom stereocenters. The molecule has 1 aromatic carbocycles. The van der Waals surface area contributed by atoms with Crippen LogP contribution < -0.4 is 5.32 Å². The van der Waals surface area contributed by atoms with Gasteiger partial charge in [0.1, 0.15) is 0 Å². The van der Waals surface area contributed by atoms with Gasteiger partial charge in [-0.3, -0.25) is 0 Å². The molecule has 17 heavy (non-hydrogen) atoms. The molecule has 2 rings (SSSR count). The summed E-state index contributed by atoms with van der Waals surface area (Å²) >= 11 is 9.85. The molecule has 0 amide bonds. The first-order valence-electron chi connectivity index (χ1n) is 5.88. The molecule has 0 aromatic heterocycles. The van der Waals surface area contributed by atoms with Crippen molar-refractivity contribution in [1.29, 1.82) is 0 Å². The van der Waals surface area contributed by atoms with E-state index in [0.717, 1.165) is 18.0 Å². The Morgan fingerprint density at radius 2 is 2.18 bits per heavy atom. The van der Waals surface area contributed by atoms with Crippen LogP contribution in [-0.4, -0.2) is 25.1 Å². The number of rotatable bonds is 4. The van der Waals surface area contributed by atoms with E-state index in [0.29, 0.717) is 6.04 Å². The summed E-state index contributed by atoms with van der Waals surface area (Å²) in [5.74, 6) is 0. The van der Waals surface area contributed by atoms with Crippen LogP contribution in [0.4, 0.5) is 0 Å². The molecule has 0 bridgehead atoms. The van der Waals surface area contributed by atoms with Crippen LogP contribution in [0.25, 0.3) is 0 Å². The summed E-state index contributed by atoms with van der Waals surface area (Å²) in [5.41, 5.74) is 1.36. The Labute approximate surface area is 117 Å². The Balaban J connectivity index is 2.19. The number of halogens is 1. The topological polar surface area (TPSA) is 12.0 Å². The van der Waals surface area contributed by atoms with Crippen molar-refractivity contribution < 1.29 is 0 Å². The monoisotopic (exact) mass is 287 g/mol. The van der Waals surface area contributed by atoms with Crippen LogP contribution >= 0.6 is 35.1 Å². The van der Waals surface area contributed by atoms with Gasteiger partial charge in [-0.05, 0) is 56.0 Å². The molecule has 1 aliphatic rings. The summed E-state index contributed by atoms with van der Waals surface area (Å²) in [6, 6.07) is 5.07. The Morgan fingerprint density at radius 3 is 2.76 bits per heavy atom. The Bertz CT molecular complexity index is 389. The first-order valence-corrected chi connectivity index (χ1v) is 8.71. The zero-order valence-electron chi connectivity index (χ0n) is 10.3. The van der Waals surface area contributed by atoms with Crippen molar-refractivity contribution in [3.05, 3.63) is 22.7 Å². The van der Waals surface area contributed by atoms with Gasteiger partial charge in [0.25, 0.3) is 0 Å². The lowest BCUT2D eigenvalue weighted by Gasteiger charge is -2.14. The number of hydrogen-bond donors (Lipinski definition) is 1. The number of thioether (sulfide) groups is 2. The van der Waals surface area contributed by atoms with E-state index in [1.807, 2.05) is 0 Å². The largest absolute Gasteiger partial charge is 0.314 e. The quantitative estimate of drug-likeness (QED) is 0.838. The molecule has 1 aromatic rings. The van der Waals surface area contributed by atoms with Crippen molar-refractivity contribution in [3.8, 4) is 0 Å². The molecule has 94 valence electrons. The van der Waals surface area contributed by atoms with E-state index < -0.39 is 0 Å². The van der Waals surface area contributed by atoms with Gasteiger partial charge in [-0.2, -0.15) is 0 Å². The van der Waals surface area contributed by atoms with Gasteiger partial charge in [-0.1, -0.05) is 11.6 Å².